The lowest BCUT2D eigenvalue weighted by Crippen LogP contribution is -2.22. The summed E-state index contributed by atoms with van der Waals surface area (Å²) in [6.07, 6.45) is 0.322. The molecular formula is C17H19NO3. The SMILES string of the molecule is COc1cccc(OC(=O)CCN(C)c2ccccc2)c1. The van der Waals surface area contributed by atoms with Gasteiger partial charge in [-0.25, -0.2) is 0 Å². The Kier molecular flexibility index (Phi) is 5.21. The first-order valence-electron chi connectivity index (χ1n) is 6.80. The maximum absolute atomic E-state index is 11.9. The second-order valence-corrected chi connectivity index (χ2v) is 4.66. The fourth-order valence-corrected chi connectivity index (χ4v) is 1.92. The predicted octanol–water partition coefficient (Wildman–Crippen LogP) is 3.13. The van der Waals surface area contributed by atoms with Crippen molar-refractivity contribution >= 4 is 11.7 Å². The van der Waals surface area contributed by atoms with E-state index in [-0.39, 0.29) is 5.97 Å². The molecule has 0 atom stereocenters. The van der Waals surface area contributed by atoms with Crippen LogP contribution in [0.25, 0.3) is 0 Å². The van der Waals surface area contributed by atoms with Crippen molar-refractivity contribution in [3.8, 4) is 11.5 Å². The van der Waals surface area contributed by atoms with Crippen LogP contribution in [0.15, 0.2) is 54.6 Å². The number of rotatable bonds is 6. The smallest absolute Gasteiger partial charge is 0.312 e. The quantitative estimate of drug-likeness (QED) is 0.604. The molecule has 0 aliphatic heterocycles. The lowest BCUT2D eigenvalue weighted by atomic mass is 10.3. The fourth-order valence-electron chi connectivity index (χ4n) is 1.92. The van der Waals surface area contributed by atoms with Crippen molar-refractivity contribution in [1.82, 2.24) is 0 Å². The minimum Gasteiger partial charge on any atom is -0.497 e. The molecule has 2 aromatic carbocycles. The van der Waals surface area contributed by atoms with Crippen molar-refractivity contribution in [3.05, 3.63) is 54.6 Å². The van der Waals surface area contributed by atoms with Crippen LogP contribution in [-0.4, -0.2) is 26.7 Å². The van der Waals surface area contributed by atoms with Crippen LogP contribution in [-0.2, 0) is 4.79 Å². The van der Waals surface area contributed by atoms with Gasteiger partial charge in [0.15, 0.2) is 0 Å². The maximum atomic E-state index is 11.9. The summed E-state index contributed by atoms with van der Waals surface area (Å²) in [6.45, 7) is 0.604. The summed E-state index contributed by atoms with van der Waals surface area (Å²) >= 11 is 0. The van der Waals surface area contributed by atoms with Gasteiger partial charge in [0, 0.05) is 25.3 Å². The highest BCUT2D eigenvalue weighted by molar-refractivity contribution is 5.73. The van der Waals surface area contributed by atoms with E-state index >= 15 is 0 Å². The Morgan fingerprint density at radius 3 is 2.48 bits per heavy atom. The van der Waals surface area contributed by atoms with Crippen molar-refractivity contribution in [1.29, 1.82) is 0 Å². The number of ether oxygens (including phenoxy) is 2. The standard InChI is InChI=1S/C17H19NO3/c1-18(14-7-4-3-5-8-14)12-11-17(19)21-16-10-6-9-15(13-16)20-2/h3-10,13H,11-12H2,1-2H3. The Morgan fingerprint density at radius 1 is 1.05 bits per heavy atom. The lowest BCUT2D eigenvalue weighted by Gasteiger charge is -2.18. The number of carbonyl (C=O) groups excluding carboxylic acids is 1. The Morgan fingerprint density at radius 2 is 1.76 bits per heavy atom. The van der Waals surface area contributed by atoms with E-state index in [4.69, 9.17) is 9.47 Å². The van der Waals surface area contributed by atoms with Gasteiger partial charge in [-0.1, -0.05) is 24.3 Å². The Labute approximate surface area is 124 Å². The third-order valence-electron chi connectivity index (χ3n) is 3.12. The van der Waals surface area contributed by atoms with Crippen molar-refractivity contribution in [3.63, 3.8) is 0 Å². The van der Waals surface area contributed by atoms with Gasteiger partial charge in [-0.05, 0) is 24.3 Å². The average Bonchev–Trinajstić information content (AvgIpc) is 2.53. The van der Waals surface area contributed by atoms with E-state index in [0.29, 0.717) is 24.5 Å². The van der Waals surface area contributed by atoms with Crippen molar-refractivity contribution in [2.45, 2.75) is 6.42 Å². The van der Waals surface area contributed by atoms with Crippen LogP contribution < -0.4 is 14.4 Å². The molecular weight excluding hydrogens is 266 g/mol. The van der Waals surface area contributed by atoms with Crippen molar-refractivity contribution < 1.29 is 14.3 Å². The number of methoxy groups -OCH3 is 1. The minimum atomic E-state index is -0.258. The number of hydrogen-bond acceptors (Lipinski definition) is 4. The molecule has 0 radical (unpaired) electrons. The average molecular weight is 285 g/mol. The molecule has 0 saturated heterocycles. The largest absolute Gasteiger partial charge is 0.497 e. The Bertz CT molecular complexity index is 584. The molecule has 110 valence electrons. The molecule has 0 heterocycles. The molecule has 21 heavy (non-hydrogen) atoms. The maximum Gasteiger partial charge on any atom is 0.312 e. The van der Waals surface area contributed by atoms with Crippen LogP contribution in [0.4, 0.5) is 5.69 Å². The van der Waals surface area contributed by atoms with E-state index < -0.39 is 0 Å². The molecule has 0 aliphatic carbocycles. The topological polar surface area (TPSA) is 38.8 Å². The first-order valence-corrected chi connectivity index (χ1v) is 6.80. The minimum absolute atomic E-state index is 0.258. The second-order valence-electron chi connectivity index (χ2n) is 4.66. The van der Waals surface area contributed by atoms with Crippen LogP contribution in [0.5, 0.6) is 11.5 Å². The Hall–Kier alpha value is -2.49. The Balaban J connectivity index is 1.84. The van der Waals surface area contributed by atoms with Gasteiger partial charge in [0.2, 0.25) is 0 Å². The van der Waals surface area contributed by atoms with Crippen LogP contribution >= 0.6 is 0 Å². The van der Waals surface area contributed by atoms with E-state index in [0.717, 1.165) is 5.69 Å². The van der Waals surface area contributed by atoms with Gasteiger partial charge in [-0.3, -0.25) is 4.79 Å². The summed E-state index contributed by atoms with van der Waals surface area (Å²) in [5.74, 6) is 0.912. The van der Waals surface area contributed by atoms with E-state index in [1.807, 2.05) is 42.3 Å². The first kappa shape index (κ1) is 14.9. The molecule has 0 aromatic heterocycles. The van der Waals surface area contributed by atoms with Crippen LogP contribution in [0, 0.1) is 0 Å². The zero-order chi connectivity index (χ0) is 15.1. The molecule has 2 aromatic rings. The highest BCUT2D eigenvalue weighted by atomic mass is 16.5. The van der Waals surface area contributed by atoms with Gasteiger partial charge in [-0.2, -0.15) is 0 Å². The molecule has 4 heteroatoms. The van der Waals surface area contributed by atoms with Crippen molar-refractivity contribution in [2.24, 2.45) is 0 Å². The number of benzene rings is 2. The van der Waals surface area contributed by atoms with Crippen LogP contribution in [0.1, 0.15) is 6.42 Å². The molecule has 2 rings (SSSR count). The van der Waals surface area contributed by atoms with Crippen LogP contribution in [0.3, 0.4) is 0 Å². The number of carbonyl (C=O) groups is 1. The summed E-state index contributed by atoms with van der Waals surface area (Å²) in [7, 11) is 3.53. The molecule has 0 bridgehead atoms. The van der Waals surface area contributed by atoms with E-state index in [2.05, 4.69) is 0 Å². The molecule has 0 N–H and O–H groups in total. The van der Waals surface area contributed by atoms with Gasteiger partial charge in [-0.15, -0.1) is 0 Å². The zero-order valence-corrected chi connectivity index (χ0v) is 12.3. The molecule has 4 nitrogen and oxygen atoms in total. The number of para-hydroxylation sites is 1. The van der Waals surface area contributed by atoms with Crippen LogP contribution in [0.2, 0.25) is 0 Å². The summed E-state index contributed by atoms with van der Waals surface area (Å²) in [6, 6.07) is 17.0. The third-order valence-corrected chi connectivity index (χ3v) is 3.12. The highest BCUT2D eigenvalue weighted by Gasteiger charge is 2.08. The van der Waals surface area contributed by atoms with E-state index in [1.54, 1.807) is 31.4 Å². The lowest BCUT2D eigenvalue weighted by molar-refractivity contribution is -0.134. The third kappa shape index (κ3) is 4.53. The second kappa shape index (κ2) is 7.33. The fraction of sp³-hybridized carbons (Fsp3) is 0.235. The highest BCUT2D eigenvalue weighted by Crippen LogP contribution is 2.19. The molecule has 0 spiro atoms. The van der Waals surface area contributed by atoms with Crippen molar-refractivity contribution in [2.75, 3.05) is 25.6 Å². The summed E-state index contributed by atoms with van der Waals surface area (Å²) in [5, 5.41) is 0. The number of anilines is 1. The first-order chi connectivity index (χ1) is 10.2. The normalized spacial score (nSPS) is 10.0. The summed E-state index contributed by atoms with van der Waals surface area (Å²) in [5.41, 5.74) is 1.08. The van der Waals surface area contributed by atoms with E-state index in [9.17, 15) is 4.79 Å². The van der Waals surface area contributed by atoms with Gasteiger partial charge in [0.25, 0.3) is 0 Å². The summed E-state index contributed by atoms with van der Waals surface area (Å²) in [4.78, 5) is 13.9. The van der Waals surface area contributed by atoms with Gasteiger partial charge in [0.05, 0.1) is 13.5 Å². The van der Waals surface area contributed by atoms with Gasteiger partial charge in [0.1, 0.15) is 11.5 Å². The zero-order valence-electron chi connectivity index (χ0n) is 12.3. The number of esters is 1. The molecule has 0 fully saturated rings. The van der Waals surface area contributed by atoms with E-state index in [1.165, 1.54) is 0 Å². The number of hydrogen-bond donors (Lipinski definition) is 0. The summed E-state index contributed by atoms with van der Waals surface area (Å²) < 4.78 is 10.4. The molecule has 0 aliphatic rings. The molecule has 0 unspecified atom stereocenters. The molecule has 0 saturated carbocycles. The monoisotopic (exact) mass is 285 g/mol. The predicted molar refractivity (Wildman–Crippen MR) is 83.0 cm³/mol. The van der Waals surface area contributed by atoms with Gasteiger partial charge < -0.3 is 14.4 Å². The number of nitrogens with zero attached hydrogens (tertiary/aromatic N) is 1. The van der Waals surface area contributed by atoms with Gasteiger partial charge >= 0.3 is 5.97 Å². The molecule has 0 amide bonds.